The van der Waals surface area contributed by atoms with Crippen LogP contribution in [0.25, 0.3) is 0 Å². The molecule has 2 rings (SSSR count). The second-order valence-electron chi connectivity index (χ2n) is 6.03. The molecular weight excluding hydrogens is 268 g/mol. The van der Waals surface area contributed by atoms with Gasteiger partial charge in [0.25, 0.3) is 5.91 Å². The van der Waals surface area contributed by atoms with Gasteiger partial charge in [0.05, 0.1) is 24.9 Å². The molecule has 5 nitrogen and oxygen atoms in total. The SMILES string of the molecule is COc1ccc(C(=O)NC2(CO)CCC(C)CC2)cc1N. The molecule has 0 bridgehead atoms. The molecule has 1 saturated carbocycles. The van der Waals surface area contributed by atoms with E-state index >= 15 is 0 Å². The van der Waals surface area contributed by atoms with E-state index in [-0.39, 0.29) is 12.5 Å². The highest BCUT2D eigenvalue weighted by Gasteiger charge is 2.35. The number of rotatable bonds is 4. The molecule has 21 heavy (non-hydrogen) atoms. The molecule has 0 radical (unpaired) electrons. The first-order valence-corrected chi connectivity index (χ1v) is 7.36. The number of hydrogen-bond acceptors (Lipinski definition) is 4. The molecule has 1 aliphatic carbocycles. The van der Waals surface area contributed by atoms with Crippen LogP contribution in [0.3, 0.4) is 0 Å². The first kappa shape index (κ1) is 15.6. The van der Waals surface area contributed by atoms with Crippen molar-refractivity contribution in [3.05, 3.63) is 23.8 Å². The molecule has 0 aliphatic heterocycles. The minimum absolute atomic E-state index is 0.0307. The standard InChI is InChI=1S/C16H24N2O3/c1-11-5-7-16(10-19,8-6-11)18-15(20)12-3-4-14(21-2)13(17)9-12/h3-4,9,11,19H,5-8,10,17H2,1-2H3,(H,18,20). The van der Waals surface area contributed by atoms with E-state index in [9.17, 15) is 9.90 Å². The monoisotopic (exact) mass is 292 g/mol. The van der Waals surface area contributed by atoms with Crippen LogP contribution in [0.15, 0.2) is 18.2 Å². The van der Waals surface area contributed by atoms with Gasteiger partial charge in [-0.2, -0.15) is 0 Å². The zero-order valence-corrected chi connectivity index (χ0v) is 12.7. The van der Waals surface area contributed by atoms with Crippen LogP contribution < -0.4 is 15.8 Å². The molecule has 1 fully saturated rings. The fourth-order valence-electron chi connectivity index (χ4n) is 2.83. The van der Waals surface area contributed by atoms with Gasteiger partial charge < -0.3 is 20.9 Å². The van der Waals surface area contributed by atoms with E-state index < -0.39 is 5.54 Å². The van der Waals surface area contributed by atoms with Crippen molar-refractivity contribution >= 4 is 11.6 Å². The Balaban J connectivity index is 2.11. The van der Waals surface area contributed by atoms with Gasteiger partial charge >= 0.3 is 0 Å². The number of aliphatic hydroxyl groups excluding tert-OH is 1. The molecule has 0 heterocycles. The summed E-state index contributed by atoms with van der Waals surface area (Å²) in [5, 5.41) is 12.7. The average Bonchev–Trinajstić information content (AvgIpc) is 2.49. The summed E-state index contributed by atoms with van der Waals surface area (Å²) in [6, 6.07) is 4.96. The lowest BCUT2D eigenvalue weighted by Crippen LogP contribution is -2.53. The van der Waals surface area contributed by atoms with E-state index in [1.165, 1.54) is 7.11 Å². The number of ether oxygens (including phenoxy) is 1. The van der Waals surface area contributed by atoms with Gasteiger partial charge in [-0.15, -0.1) is 0 Å². The fraction of sp³-hybridized carbons (Fsp3) is 0.562. The number of benzene rings is 1. The fourth-order valence-corrected chi connectivity index (χ4v) is 2.83. The molecule has 0 saturated heterocycles. The highest BCUT2D eigenvalue weighted by molar-refractivity contribution is 5.96. The summed E-state index contributed by atoms with van der Waals surface area (Å²) in [6.45, 7) is 2.17. The largest absolute Gasteiger partial charge is 0.495 e. The zero-order chi connectivity index (χ0) is 15.5. The van der Waals surface area contributed by atoms with Crippen LogP contribution in [0.4, 0.5) is 5.69 Å². The van der Waals surface area contributed by atoms with E-state index in [0.717, 1.165) is 25.7 Å². The second-order valence-corrected chi connectivity index (χ2v) is 6.03. The van der Waals surface area contributed by atoms with Gasteiger partial charge in [-0.3, -0.25) is 4.79 Å². The Hall–Kier alpha value is -1.75. The van der Waals surface area contributed by atoms with Crippen molar-refractivity contribution in [2.75, 3.05) is 19.5 Å². The Morgan fingerprint density at radius 3 is 2.67 bits per heavy atom. The lowest BCUT2D eigenvalue weighted by atomic mass is 9.77. The molecule has 0 unspecified atom stereocenters. The second kappa shape index (κ2) is 6.35. The van der Waals surface area contributed by atoms with Gasteiger partial charge in [-0.05, 0) is 49.8 Å². The summed E-state index contributed by atoms with van der Waals surface area (Å²) in [7, 11) is 1.54. The normalized spacial score (nSPS) is 25.4. The van der Waals surface area contributed by atoms with Crippen molar-refractivity contribution in [2.24, 2.45) is 5.92 Å². The third kappa shape index (κ3) is 3.47. The van der Waals surface area contributed by atoms with Crippen molar-refractivity contribution in [3.8, 4) is 5.75 Å². The Bertz CT molecular complexity index is 508. The Labute approximate surface area is 125 Å². The number of nitrogen functional groups attached to an aromatic ring is 1. The quantitative estimate of drug-likeness (QED) is 0.741. The first-order chi connectivity index (χ1) is 9.99. The number of amides is 1. The first-order valence-electron chi connectivity index (χ1n) is 7.36. The molecule has 0 spiro atoms. The van der Waals surface area contributed by atoms with E-state index in [1.54, 1.807) is 18.2 Å². The maximum absolute atomic E-state index is 12.4. The molecule has 116 valence electrons. The molecular formula is C16H24N2O3. The van der Waals surface area contributed by atoms with Crippen molar-refractivity contribution in [2.45, 2.75) is 38.1 Å². The van der Waals surface area contributed by atoms with Crippen molar-refractivity contribution < 1.29 is 14.6 Å². The maximum atomic E-state index is 12.4. The lowest BCUT2D eigenvalue weighted by Gasteiger charge is -2.38. The smallest absolute Gasteiger partial charge is 0.251 e. The predicted molar refractivity (Wildman–Crippen MR) is 82.3 cm³/mol. The average molecular weight is 292 g/mol. The molecule has 5 heteroatoms. The highest BCUT2D eigenvalue weighted by Crippen LogP contribution is 2.32. The number of nitrogens with one attached hydrogen (secondary N) is 1. The number of nitrogens with two attached hydrogens (primary N) is 1. The number of carbonyl (C=O) groups is 1. The van der Waals surface area contributed by atoms with Crippen LogP contribution in [-0.4, -0.2) is 30.3 Å². The summed E-state index contributed by atoms with van der Waals surface area (Å²) in [5.41, 5.74) is 6.25. The van der Waals surface area contributed by atoms with Crippen molar-refractivity contribution in [1.29, 1.82) is 0 Å². The van der Waals surface area contributed by atoms with Crippen molar-refractivity contribution in [1.82, 2.24) is 5.32 Å². The van der Waals surface area contributed by atoms with Crippen LogP contribution in [-0.2, 0) is 0 Å². The molecule has 4 N–H and O–H groups in total. The minimum atomic E-state index is -0.502. The lowest BCUT2D eigenvalue weighted by molar-refractivity contribution is 0.0717. The molecule has 1 amide bonds. The summed E-state index contributed by atoms with van der Waals surface area (Å²) in [4.78, 5) is 12.4. The van der Waals surface area contributed by atoms with Crippen LogP contribution in [0.5, 0.6) is 5.75 Å². The van der Waals surface area contributed by atoms with Gasteiger partial charge in [0, 0.05) is 5.56 Å². The number of aliphatic hydroxyl groups is 1. The summed E-state index contributed by atoms with van der Waals surface area (Å²) >= 11 is 0. The molecule has 0 aromatic heterocycles. The highest BCUT2D eigenvalue weighted by atomic mass is 16.5. The molecule has 1 aliphatic rings. The van der Waals surface area contributed by atoms with Gasteiger partial charge in [0.1, 0.15) is 5.75 Å². The van der Waals surface area contributed by atoms with Gasteiger partial charge in [-0.25, -0.2) is 0 Å². The third-order valence-electron chi connectivity index (χ3n) is 4.40. The van der Waals surface area contributed by atoms with Gasteiger partial charge in [0.2, 0.25) is 0 Å². The Kier molecular flexibility index (Phi) is 4.73. The third-order valence-corrected chi connectivity index (χ3v) is 4.40. The Morgan fingerprint density at radius 1 is 1.48 bits per heavy atom. The van der Waals surface area contributed by atoms with Crippen LogP contribution in [0, 0.1) is 5.92 Å². The van der Waals surface area contributed by atoms with E-state index in [1.807, 2.05) is 0 Å². The molecule has 0 atom stereocenters. The number of carbonyl (C=O) groups excluding carboxylic acids is 1. The molecule has 1 aromatic carbocycles. The summed E-state index contributed by atoms with van der Waals surface area (Å²) < 4.78 is 5.09. The number of anilines is 1. The predicted octanol–water partition coefficient (Wildman–Crippen LogP) is 1.95. The van der Waals surface area contributed by atoms with E-state index in [2.05, 4.69) is 12.2 Å². The van der Waals surface area contributed by atoms with Crippen molar-refractivity contribution in [3.63, 3.8) is 0 Å². The summed E-state index contributed by atoms with van der Waals surface area (Å²) in [5.74, 6) is 1.00. The Morgan fingerprint density at radius 2 is 2.14 bits per heavy atom. The number of hydrogen-bond donors (Lipinski definition) is 3. The topological polar surface area (TPSA) is 84.6 Å². The summed E-state index contributed by atoms with van der Waals surface area (Å²) in [6.07, 6.45) is 3.65. The van der Waals surface area contributed by atoms with E-state index in [0.29, 0.717) is 22.9 Å². The zero-order valence-electron chi connectivity index (χ0n) is 12.7. The van der Waals surface area contributed by atoms with E-state index in [4.69, 9.17) is 10.5 Å². The van der Waals surface area contributed by atoms with Crippen LogP contribution in [0.1, 0.15) is 43.0 Å². The maximum Gasteiger partial charge on any atom is 0.251 e. The van der Waals surface area contributed by atoms with Gasteiger partial charge in [0.15, 0.2) is 0 Å². The van der Waals surface area contributed by atoms with Crippen LogP contribution in [0.2, 0.25) is 0 Å². The number of methoxy groups -OCH3 is 1. The van der Waals surface area contributed by atoms with Gasteiger partial charge in [-0.1, -0.05) is 6.92 Å². The molecule has 1 aromatic rings. The van der Waals surface area contributed by atoms with Crippen LogP contribution >= 0.6 is 0 Å². The minimum Gasteiger partial charge on any atom is -0.495 e.